The summed E-state index contributed by atoms with van der Waals surface area (Å²) in [5, 5.41) is 5.33. The minimum atomic E-state index is -4.52. The summed E-state index contributed by atoms with van der Waals surface area (Å²) in [7, 11) is 0. The van der Waals surface area contributed by atoms with Gasteiger partial charge in [0.15, 0.2) is 5.82 Å². The summed E-state index contributed by atoms with van der Waals surface area (Å²) in [5.41, 5.74) is 4.75. The van der Waals surface area contributed by atoms with Gasteiger partial charge in [0.25, 0.3) is 0 Å². The van der Waals surface area contributed by atoms with Crippen LogP contribution >= 0.6 is 15.9 Å². The highest BCUT2D eigenvalue weighted by atomic mass is 79.9. The summed E-state index contributed by atoms with van der Waals surface area (Å²) in [6.07, 6.45) is -4.52. The Morgan fingerprint density at radius 1 is 1.24 bits per heavy atom. The minimum Gasteiger partial charge on any atom is -0.382 e. The summed E-state index contributed by atoms with van der Waals surface area (Å²) in [6, 6.07) is 6.52. The molecule has 3 nitrogen and oxygen atoms in total. The average molecular weight is 306 g/mol. The van der Waals surface area contributed by atoms with Gasteiger partial charge in [0.05, 0.1) is 5.56 Å². The molecule has 1 heterocycles. The first-order valence-electron chi connectivity index (χ1n) is 4.57. The van der Waals surface area contributed by atoms with E-state index in [2.05, 4.69) is 21.0 Å². The molecule has 90 valence electrons. The van der Waals surface area contributed by atoms with Crippen molar-refractivity contribution in [1.82, 2.24) is 10.2 Å². The number of halogens is 4. The quantitative estimate of drug-likeness (QED) is 0.848. The molecule has 0 bridgehead atoms. The lowest BCUT2D eigenvalue weighted by atomic mass is 10.1. The number of nitrogen functional groups attached to an aromatic ring is 1. The number of nitrogens with zero attached hydrogens (tertiary/aromatic N) is 1. The summed E-state index contributed by atoms with van der Waals surface area (Å²) in [5.74, 6) is -0.177. The van der Waals surface area contributed by atoms with Gasteiger partial charge in [-0.2, -0.15) is 18.3 Å². The number of hydrogen-bond donors (Lipinski definition) is 2. The van der Waals surface area contributed by atoms with Gasteiger partial charge >= 0.3 is 6.18 Å². The van der Waals surface area contributed by atoms with Crippen molar-refractivity contribution in [2.75, 3.05) is 5.73 Å². The first-order chi connectivity index (χ1) is 7.91. The second-order valence-electron chi connectivity index (χ2n) is 3.34. The zero-order valence-electron chi connectivity index (χ0n) is 8.35. The van der Waals surface area contributed by atoms with E-state index in [1.54, 1.807) is 24.3 Å². The Kier molecular flexibility index (Phi) is 2.86. The zero-order valence-corrected chi connectivity index (χ0v) is 9.93. The summed E-state index contributed by atoms with van der Waals surface area (Å²) in [6.45, 7) is 0. The number of aromatic nitrogens is 2. The van der Waals surface area contributed by atoms with Gasteiger partial charge in [-0.25, -0.2) is 0 Å². The van der Waals surface area contributed by atoms with E-state index in [4.69, 9.17) is 5.73 Å². The Morgan fingerprint density at radius 2 is 1.88 bits per heavy atom. The van der Waals surface area contributed by atoms with Gasteiger partial charge in [-0.05, 0) is 6.07 Å². The Morgan fingerprint density at radius 3 is 2.47 bits per heavy atom. The highest BCUT2D eigenvalue weighted by molar-refractivity contribution is 9.10. The molecule has 1 aromatic carbocycles. The zero-order chi connectivity index (χ0) is 12.6. The molecule has 0 radical (unpaired) electrons. The summed E-state index contributed by atoms with van der Waals surface area (Å²) < 4.78 is 38.7. The number of anilines is 1. The maximum atomic E-state index is 12.7. The Hall–Kier alpha value is -1.50. The van der Waals surface area contributed by atoms with Crippen LogP contribution in [0, 0.1) is 0 Å². The fourth-order valence-electron chi connectivity index (χ4n) is 1.50. The maximum Gasteiger partial charge on any atom is 0.433 e. The second kappa shape index (κ2) is 4.06. The lowest BCUT2D eigenvalue weighted by Crippen LogP contribution is -2.07. The molecule has 0 amide bonds. The van der Waals surface area contributed by atoms with Crippen LogP contribution in [0.25, 0.3) is 11.1 Å². The van der Waals surface area contributed by atoms with E-state index < -0.39 is 11.9 Å². The van der Waals surface area contributed by atoms with Crippen molar-refractivity contribution in [3.8, 4) is 11.1 Å². The monoisotopic (exact) mass is 305 g/mol. The Balaban J connectivity index is 2.68. The highest BCUT2D eigenvalue weighted by Crippen LogP contribution is 2.40. The molecule has 17 heavy (non-hydrogen) atoms. The number of aromatic amines is 1. The van der Waals surface area contributed by atoms with Crippen molar-refractivity contribution in [3.63, 3.8) is 0 Å². The van der Waals surface area contributed by atoms with Gasteiger partial charge in [-0.15, -0.1) is 0 Å². The molecule has 0 saturated carbocycles. The third-order valence-electron chi connectivity index (χ3n) is 2.22. The number of rotatable bonds is 1. The van der Waals surface area contributed by atoms with Crippen molar-refractivity contribution >= 4 is 21.7 Å². The normalized spacial score (nSPS) is 11.8. The number of nitrogens with two attached hydrogens (primary N) is 1. The van der Waals surface area contributed by atoms with Crippen molar-refractivity contribution in [3.05, 3.63) is 34.4 Å². The topological polar surface area (TPSA) is 54.7 Å². The van der Waals surface area contributed by atoms with Crippen molar-refractivity contribution in [2.45, 2.75) is 6.18 Å². The predicted molar refractivity (Wildman–Crippen MR) is 61.1 cm³/mol. The van der Waals surface area contributed by atoms with Gasteiger partial charge in [0.2, 0.25) is 0 Å². The molecule has 0 aliphatic carbocycles. The van der Waals surface area contributed by atoms with E-state index in [9.17, 15) is 13.2 Å². The average Bonchev–Trinajstić information content (AvgIpc) is 2.60. The molecule has 3 N–H and O–H groups in total. The molecule has 2 aromatic rings. The third-order valence-corrected chi connectivity index (χ3v) is 2.91. The van der Waals surface area contributed by atoms with Crippen molar-refractivity contribution in [2.24, 2.45) is 0 Å². The molecule has 0 aliphatic rings. The van der Waals surface area contributed by atoms with Gasteiger partial charge < -0.3 is 5.73 Å². The number of hydrogen-bond acceptors (Lipinski definition) is 2. The lowest BCUT2D eigenvalue weighted by Gasteiger charge is -2.09. The molecule has 0 atom stereocenters. The lowest BCUT2D eigenvalue weighted by molar-refractivity contribution is -0.140. The number of benzene rings is 1. The van der Waals surface area contributed by atoms with Crippen LogP contribution in [0.15, 0.2) is 28.7 Å². The molecule has 2 rings (SSSR count). The van der Waals surface area contributed by atoms with Crippen molar-refractivity contribution in [1.29, 1.82) is 0 Å². The van der Waals surface area contributed by atoms with Gasteiger partial charge in [-0.3, -0.25) is 5.10 Å². The minimum absolute atomic E-state index is 0.134. The first-order valence-corrected chi connectivity index (χ1v) is 5.36. The van der Waals surface area contributed by atoms with Crippen LogP contribution in [0.1, 0.15) is 5.69 Å². The third kappa shape index (κ3) is 2.14. The van der Waals surface area contributed by atoms with Crippen LogP contribution in [0.3, 0.4) is 0 Å². The molecule has 0 fully saturated rings. The second-order valence-corrected chi connectivity index (χ2v) is 4.19. The molecular weight excluding hydrogens is 299 g/mol. The molecule has 0 spiro atoms. The van der Waals surface area contributed by atoms with Gasteiger partial charge in [0, 0.05) is 10.0 Å². The molecular formula is C10H7BrF3N3. The van der Waals surface area contributed by atoms with Crippen LogP contribution in [-0.2, 0) is 6.18 Å². The summed E-state index contributed by atoms with van der Waals surface area (Å²) >= 11 is 3.19. The van der Waals surface area contributed by atoms with E-state index in [1.807, 2.05) is 5.10 Å². The van der Waals surface area contributed by atoms with Crippen LogP contribution in [-0.4, -0.2) is 10.2 Å². The number of nitrogens with one attached hydrogen (secondary N) is 1. The van der Waals surface area contributed by atoms with E-state index in [0.717, 1.165) is 0 Å². The number of H-pyrrole nitrogens is 1. The highest BCUT2D eigenvalue weighted by Gasteiger charge is 2.37. The Labute approximate surface area is 103 Å². The van der Waals surface area contributed by atoms with E-state index in [1.165, 1.54) is 0 Å². The number of alkyl halides is 3. The van der Waals surface area contributed by atoms with Crippen LogP contribution < -0.4 is 5.73 Å². The van der Waals surface area contributed by atoms with Gasteiger partial charge in [-0.1, -0.05) is 34.1 Å². The largest absolute Gasteiger partial charge is 0.433 e. The standard InChI is InChI=1S/C10H7BrF3N3/c11-6-4-2-1-3-5(6)7-8(10(12,13)14)16-17-9(7)15/h1-4H,(H3,15,16,17). The van der Waals surface area contributed by atoms with E-state index in [-0.39, 0.29) is 11.4 Å². The fraction of sp³-hybridized carbons (Fsp3) is 0.100. The van der Waals surface area contributed by atoms with E-state index >= 15 is 0 Å². The van der Waals surface area contributed by atoms with Crippen LogP contribution in [0.2, 0.25) is 0 Å². The predicted octanol–water partition coefficient (Wildman–Crippen LogP) is 3.44. The maximum absolute atomic E-state index is 12.7. The first kappa shape index (κ1) is 12.0. The van der Waals surface area contributed by atoms with Gasteiger partial charge in [0.1, 0.15) is 5.69 Å². The van der Waals surface area contributed by atoms with Crippen LogP contribution in [0.5, 0.6) is 0 Å². The Bertz CT molecular complexity index is 548. The SMILES string of the molecule is Nc1n[nH]c(C(F)(F)F)c1-c1ccccc1Br. The smallest absolute Gasteiger partial charge is 0.382 e. The molecule has 0 unspecified atom stereocenters. The fourth-order valence-corrected chi connectivity index (χ4v) is 1.98. The molecule has 7 heteroatoms. The molecule has 0 saturated heterocycles. The van der Waals surface area contributed by atoms with Crippen LogP contribution in [0.4, 0.5) is 19.0 Å². The van der Waals surface area contributed by atoms with E-state index in [0.29, 0.717) is 10.0 Å². The van der Waals surface area contributed by atoms with Crippen molar-refractivity contribution < 1.29 is 13.2 Å². The summed E-state index contributed by atoms with van der Waals surface area (Å²) in [4.78, 5) is 0. The molecule has 1 aromatic heterocycles. The molecule has 0 aliphatic heterocycles.